The van der Waals surface area contributed by atoms with Gasteiger partial charge in [0.25, 0.3) is 0 Å². The van der Waals surface area contributed by atoms with Crippen LogP contribution in [0.2, 0.25) is 0 Å². The van der Waals surface area contributed by atoms with Crippen molar-refractivity contribution in [3.05, 3.63) is 28.6 Å². The summed E-state index contributed by atoms with van der Waals surface area (Å²) >= 11 is 3.33. The van der Waals surface area contributed by atoms with Crippen molar-refractivity contribution >= 4 is 27.5 Å². The van der Waals surface area contributed by atoms with Gasteiger partial charge in [-0.05, 0) is 28.1 Å². The number of carboxylic acid groups (broad SMARTS) is 1. The van der Waals surface area contributed by atoms with E-state index in [0.717, 1.165) is 10.1 Å². The molecule has 2 rings (SSSR count). The highest BCUT2D eigenvalue weighted by Crippen LogP contribution is 2.12. The van der Waals surface area contributed by atoms with Gasteiger partial charge in [-0.15, -0.1) is 0 Å². The number of nitrogens with zero attached hydrogens (tertiary/aromatic N) is 3. The van der Waals surface area contributed by atoms with Crippen molar-refractivity contribution in [3.63, 3.8) is 0 Å². The molecule has 5 nitrogen and oxygen atoms in total. The van der Waals surface area contributed by atoms with E-state index >= 15 is 0 Å². The Hall–Kier alpha value is -1.43. The zero-order chi connectivity index (χ0) is 11.7. The Balaban J connectivity index is 2.29. The fourth-order valence-electron chi connectivity index (χ4n) is 1.35. The fourth-order valence-corrected chi connectivity index (χ4v) is 1.68. The largest absolute Gasteiger partial charge is 0.481 e. The maximum Gasteiger partial charge on any atom is 0.306 e. The molecule has 2 aromatic heterocycles. The van der Waals surface area contributed by atoms with Crippen LogP contribution in [0, 0.1) is 5.92 Å². The van der Waals surface area contributed by atoms with Crippen LogP contribution in [0.5, 0.6) is 0 Å². The van der Waals surface area contributed by atoms with Gasteiger partial charge < -0.3 is 5.11 Å². The minimum atomic E-state index is -0.833. The molecule has 0 aromatic carbocycles. The highest BCUT2D eigenvalue weighted by Gasteiger charge is 2.14. The summed E-state index contributed by atoms with van der Waals surface area (Å²) in [6.45, 7) is 1.64. The van der Waals surface area contributed by atoms with Gasteiger partial charge in [0, 0.05) is 17.1 Å². The quantitative estimate of drug-likeness (QED) is 0.932. The van der Waals surface area contributed by atoms with Crippen LogP contribution in [0.1, 0.15) is 12.7 Å². The van der Waals surface area contributed by atoms with Gasteiger partial charge >= 0.3 is 5.97 Å². The van der Waals surface area contributed by atoms with E-state index in [1.54, 1.807) is 17.6 Å². The summed E-state index contributed by atoms with van der Waals surface area (Å²) in [7, 11) is 0. The van der Waals surface area contributed by atoms with Crippen molar-refractivity contribution < 1.29 is 9.90 Å². The maximum absolute atomic E-state index is 10.7. The topological polar surface area (TPSA) is 67.5 Å². The lowest BCUT2D eigenvalue weighted by molar-refractivity contribution is -0.141. The summed E-state index contributed by atoms with van der Waals surface area (Å²) in [4.78, 5) is 14.9. The van der Waals surface area contributed by atoms with Crippen LogP contribution in [-0.2, 0) is 11.2 Å². The molecule has 0 spiro atoms. The molecule has 2 heterocycles. The van der Waals surface area contributed by atoms with Crippen molar-refractivity contribution in [2.75, 3.05) is 0 Å². The van der Waals surface area contributed by atoms with Gasteiger partial charge in [0.1, 0.15) is 0 Å². The smallest absolute Gasteiger partial charge is 0.306 e. The predicted octanol–water partition coefficient (Wildman–Crippen LogP) is 1.75. The van der Waals surface area contributed by atoms with Crippen molar-refractivity contribution in [1.82, 2.24) is 14.6 Å². The third-order valence-electron chi connectivity index (χ3n) is 2.25. The average molecular weight is 284 g/mol. The van der Waals surface area contributed by atoms with Crippen molar-refractivity contribution in [3.8, 4) is 0 Å². The Morgan fingerprint density at radius 2 is 2.38 bits per heavy atom. The second-order valence-corrected chi connectivity index (χ2v) is 4.54. The van der Waals surface area contributed by atoms with Crippen molar-refractivity contribution in [1.29, 1.82) is 0 Å². The molecule has 0 saturated carbocycles. The van der Waals surface area contributed by atoms with Crippen molar-refractivity contribution in [2.45, 2.75) is 13.3 Å². The van der Waals surface area contributed by atoms with E-state index in [1.807, 2.05) is 12.1 Å². The number of aliphatic carboxylic acids is 1. The normalized spacial score (nSPS) is 12.9. The van der Waals surface area contributed by atoms with Gasteiger partial charge in [-0.2, -0.15) is 5.10 Å². The van der Waals surface area contributed by atoms with E-state index in [9.17, 15) is 4.79 Å². The standard InChI is InChI=1S/C10H10BrN3O2/c1-6(10(15)16)4-8-12-9-3-2-7(11)5-14(9)13-8/h2-3,5-6H,4H2,1H3,(H,15,16). The number of pyridine rings is 1. The first-order chi connectivity index (χ1) is 7.56. The summed E-state index contributed by atoms with van der Waals surface area (Å²) < 4.78 is 2.54. The number of aromatic nitrogens is 3. The Bertz CT molecular complexity index is 538. The third kappa shape index (κ3) is 2.21. The highest BCUT2D eigenvalue weighted by atomic mass is 79.9. The first-order valence-corrected chi connectivity index (χ1v) is 5.59. The van der Waals surface area contributed by atoms with Gasteiger partial charge in [0.05, 0.1) is 5.92 Å². The zero-order valence-electron chi connectivity index (χ0n) is 8.59. The molecule has 2 aromatic rings. The van der Waals surface area contributed by atoms with E-state index in [4.69, 9.17) is 5.11 Å². The number of hydrogen-bond acceptors (Lipinski definition) is 3. The second-order valence-electron chi connectivity index (χ2n) is 3.62. The predicted molar refractivity (Wildman–Crippen MR) is 61.2 cm³/mol. The fraction of sp³-hybridized carbons (Fsp3) is 0.300. The van der Waals surface area contributed by atoms with Crippen LogP contribution in [0.4, 0.5) is 0 Å². The van der Waals surface area contributed by atoms with E-state index in [0.29, 0.717) is 12.2 Å². The van der Waals surface area contributed by atoms with Gasteiger partial charge in [-0.1, -0.05) is 6.92 Å². The molecule has 0 saturated heterocycles. The van der Waals surface area contributed by atoms with Crippen LogP contribution in [0.3, 0.4) is 0 Å². The summed E-state index contributed by atoms with van der Waals surface area (Å²) in [6, 6.07) is 3.69. The van der Waals surface area contributed by atoms with Crippen LogP contribution in [0.25, 0.3) is 5.65 Å². The average Bonchev–Trinajstić information content (AvgIpc) is 2.58. The van der Waals surface area contributed by atoms with Gasteiger partial charge in [0.15, 0.2) is 11.5 Å². The SMILES string of the molecule is CC(Cc1nc2ccc(Br)cn2n1)C(=O)O. The molecule has 16 heavy (non-hydrogen) atoms. The molecule has 1 N–H and O–H groups in total. The molecule has 0 amide bonds. The summed E-state index contributed by atoms with van der Waals surface area (Å²) in [5, 5.41) is 13.0. The molecular formula is C10H10BrN3O2. The molecule has 0 fully saturated rings. The maximum atomic E-state index is 10.7. The number of carbonyl (C=O) groups is 1. The van der Waals surface area contributed by atoms with Gasteiger partial charge in [-0.25, -0.2) is 9.50 Å². The monoisotopic (exact) mass is 283 g/mol. The molecule has 0 aliphatic heterocycles. The Kier molecular flexibility index (Phi) is 2.91. The highest BCUT2D eigenvalue weighted by molar-refractivity contribution is 9.10. The molecule has 0 aliphatic rings. The molecule has 1 atom stereocenters. The molecular weight excluding hydrogens is 274 g/mol. The van der Waals surface area contributed by atoms with Crippen LogP contribution in [-0.4, -0.2) is 25.7 Å². The van der Waals surface area contributed by atoms with E-state index in [1.165, 1.54) is 0 Å². The number of carboxylic acids is 1. The third-order valence-corrected chi connectivity index (χ3v) is 2.72. The summed E-state index contributed by atoms with van der Waals surface area (Å²) in [5.41, 5.74) is 0.718. The van der Waals surface area contributed by atoms with Crippen LogP contribution in [0.15, 0.2) is 22.8 Å². The Labute approximate surface area is 100 Å². The number of fused-ring (bicyclic) bond motifs is 1. The molecule has 0 aliphatic carbocycles. The molecule has 0 radical (unpaired) electrons. The Morgan fingerprint density at radius 3 is 3.06 bits per heavy atom. The van der Waals surface area contributed by atoms with Crippen LogP contribution >= 0.6 is 15.9 Å². The molecule has 1 unspecified atom stereocenters. The first-order valence-electron chi connectivity index (χ1n) is 4.80. The van der Waals surface area contributed by atoms with E-state index in [-0.39, 0.29) is 0 Å². The lowest BCUT2D eigenvalue weighted by Gasteiger charge is -2.00. The molecule has 0 bridgehead atoms. The minimum absolute atomic E-state index is 0.342. The number of rotatable bonds is 3. The lowest BCUT2D eigenvalue weighted by atomic mass is 10.1. The lowest BCUT2D eigenvalue weighted by Crippen LogP contribution is -2.13. The van der Waals surface area contributed by atoms with Gasteiger partial charge in [-0.3, -0.25) is 4.79 Å². The van der Waals surface area contributed by atoms with Crippen molar-refractivity contribution in [2.24, 2.45) is 5.92 Å². The summed E-state index contributed by atoms with van der Waals surface area (Å²) in [5.74, 6) is -0.756. The zero-order valence-corrected chi connectivity index (χ0v) is 10.2. The summed E-state index contributed by atoms with van der Waals surface area (Å²) in [6.07, 6.45) is 2.13. The molecule has 6 heteroatoms. The Morgan fingerprint density at radius 1 is 1.62 bits per heavy atom. The second kappa shape index (κ2) is 4.21. The van der Waals surface area contributed by atoms with Gasteiger partial charge in [0.2, 0.25) is 0 Å². The van der Waals surface area contributed by atoms with E-state index < -0.39 is 11.9 Å². The minimum Gasteiger partial charge on any atom is -0.481 e. The van der Waals surface area contributed by atoms with Crippen LogP contribution < -0.4 is 0 Å². The number of hydrogen-bond donors (Lipinski definition) is 1. The number of halogens is 1. The van der Waals surface area contributed by atoms with E-state index in [2.05, 4.69) is 26.0 Å². The molecule has 84 valence electrons. The first kappa shape index (κ1) is 11.1.